The molecule has 0 saturated heterocycles. The number of benzene rings is 2. The minimum Gasteiger partial charge on any atom is -0.295 e. The van der Waals surface area contributed by atoms with Crippen molar-refractivity contribution in [2.75, 3.05) is 6.54 Å². The van der Waals surface area contributed by atoms with Crippen LogP contribution in [0.2, 0.25) is 0 Å². The third kappa shape index (κ3) is 3.61. The van der Waals surface area contributed by atoms with Crippen molar-refractivity contribution in [1.29, 1.82) is 0 Å². The van der Waals surface area contributed by atoms with Crippen molar-refractivity contribution >= 4 is 15.8 Å². The zero-order valence-corrected chi connectivity index (χ0v) is 15.5. The Morgan fingerprint density at radius 3 is 2.27 bits per heavy atom. The molecule has 4 nitrogen and oxygen atoms in total. The van der Waals surface area contributed by atoms with E-state index in [-0.39, 0.29) is 23.0 Å². The standard InChI is InChI=1S/C20H20FNO3S/c1-14-3-10-19(11-4-14)26(24,25)22-13-17(15(2)23)7-12-20(22)16-5-8-18(21)9-6-16/h3-11,20H,12-13H2,1-2H3. The van der Waals surface area contributed by atoms with E-state index in [2.05, 4.69) is 0 Å². The van der Waals surface area contributed by atoms with Gasteiger partial charge in [-0.1, -0.05) is 35.9 Å². The molecule has 0 spiro atoms. The van der Waals surface area contributed by atoms with Crippen molar-refractivity contribution in [3.8, 4) is 0 Å². The summed E-state index contributed by atoms with van der Waals surface area (Å²) in [6.07, 6.45) is 2.14. The van der Waals surface area contributed by atoms with Gasteiger partial charge < -0.3 is 0 Å². The average molecular weight is 373 g/mol. The van der Waals surface area contributed by atoms with Crippen LogP contribution in [-0.4, -0.2) is 25.1 Å². The molecule has 1 aliphatic heterocycles. The van der Waals surface area contributed by atoms with Gasteiger partial charge in [0.2, 0.25) is 10.0 Å². The first-order valence-corrected chi connectivity index (χ1v) is 9.77. The number of carbonyl (C=O) groups excluding carboxylic acids is 1. The van der Waals surface area contributed by atoms with Gasteiger partial charge in [0.05, 0.1) is 10.9 Å². The Morgan fingerprint density at radius 2 is 1.69 bits per heavy atom. The normalized spacial score (nSPS) is 18.4. The molecular formula is C20H20FNO3S. The Morgan fingerprint density at radius 1 is 1.08 bits per heavy atom. The molecule has 2 aromatic carbocycles. The molecule has 0 amide bonds. The molecule has 1 atom stereocenters. The van der Waals surface area contributed by atoms with Crippen LogP contribution in [0.1, 0.15) is 30.5 Å². The Balaban J connectivity index is 2.06. The molecule has 136 valence electrons. The van der Waals surface area contributed by atoms with Gasteiger partial charge in [-0.15, -0.1) is 0 Å². The lowest BCUT2D eigenvalue weighted by molar-refractivity contribution is -0.113. The summed E-state index contributed by atoms with van der Waals surface area (Å²) in [4.78, 5) is 12.0. The highest BCUT2D eigenvalue weighted by molar-refractivity contribution is 7.89. The summed E-state index contributed by atoms with van der Waals surface area (Å²) in [6.45, 7) is 3.32. The van der Waals surface area contributed by atoms with Crippen LogP contribution in [0.3, 0.4) is 0 Å². The van der Waals surface area contributed by atoms with E-state index in [1.165, 1.54) is 23.4 Å². The topological polar surface area (TPSA) is 54.5 Å². The second-order valence-corrected chi connectivity index (χ2v) is 8.34. The SMILES string of the molecule is CC(=O)C1=CCC(c2ccc(F)cc2)N(S(=O)(=O)c2ccc(C)cc2)C1. The van der Waals surface area contributed by atoms with Crippen LogP contribution >= 0.6 is 0 Å². The number of halogens is 1. The molecule has 2 aromatic rings. The first-order chi connectivity index (χ1) is 12.3. The van der Waals surface area contributed by atoms with E-state index in [0.29, 0.717) is 17.6 Å². The van der Waals surface area contributed by atoms with E-state index in [0.717, 1.165) is 5.56 Å². The van der Waals surface area contributed by atoms with Crippen molar-refractivity contribution in [3.63, 3.8) is 0 Å². The Kier molecular flexibility index (Phi) is 5.07. The van der Waals surface area contributed by atoms with E-state index in [1.54, 1.807) is 42.5 Å². The van der Waals surface area contributed by atoms with Crippen molar-refractivity contribution in [1.82, 2.24) is 4.31 Å². The molecular weight excluding hydrogens is 353 g/mol. The summed E-state index contributed by atoms with van der Waals surface area (Å²) < 4.78 is 41.1. The number of sulfonamides is 1. The maximum absolute atomic E-state index is 13.3. The molecule has 0 aliphatic carbocycles. The molecule has 26 heavy (non-hydrogen) atoms. The lowest BCUT2D eigenvalue weighted by atomic mass is 9.97. The van der Waals surface area contributed by atoms with Crippen molar-refractivity contribution in [2.45, 2.75) is 31.2 Å². The number of ketones is 1. The summed E-state index contributed by atoms with van der Waals surface area (Å²) in [5.74, 6) is -0.524. The van der Waals surface area contributed by atoms with Gasteiger partial charge in [-0.2, -0.15) is 4.31 Å². The predicted molar refractivity (Wildman–Crippen MR) is 97.6 cm³/mol. The molecule has 0 aromatic heterocycles. The number of nitrogens with zero attached hydrogens (tertiary/aromatic N) is 1. The van der Waals surface area contributed by atoms with Gasteiger partial charge in [-0.25, -0.2) is 12.8 Å². The fraction of sp³-hybridized carbons (Fsp3) is 0.250. The third-order valence-corrected chi connectivity index (χ3v) is 6.46. The number of aryl methyl sites for hydroxylation is 1. The Labute approximate surface area is 153 Å². The molecule has 1 heterocycles. The lowest BCUT2D eigenvalue weighted by Crippen LogP contribution is -2.39. The van der Waals surface area contributed by atoms with Gasteiger partial charge in [0.15, 0.2) is 5.78 Å². The van der Waals surface area contributed by atoms with Gasteiger partial charge >= 0.3 is 0 Å². The number of Topliss-reactive ketones (excluding diaryl/α,β-unsaturated/α-hetero) is 1. The number of carbonyl (C=O) groups is 1. The highest BCUT2D eigenvalue weighted by Crippen LogP contribution is 2.35. The molecule has 3 rings (SSSR count). The van der Waals surface area contributed by atoms with Gasteiger partial charge in [0.1, 0.15) is 5.82 Å². The summed E-state index contributed by atoms with van der Waals surface area (Å²) in [5.41, 5.74) is 2.13. The molecule has 0 fully saturated rings. The Bertz CT molecular complexity index is 948. The minimum atomic E-state index is -3.81. The maximum atomic E-state index is 13.3. The summed E-state index contributed by atoms with van der Waals surface area (Å²) in [7, 11) is -3.81. The zero-order chi connectivity index (χ0) is 18.9. The van der Waals surface area contributed by atoms with Gasteiger partial charge in [0, 0.05) is 12.1 Å². The van der Waals surface area contributed by atoms with Crippen molar-refractivity contribution < 1.29 is 17.6 Å². The first kappa shape index (κ1) is 18.5. The van der Waals surface area contributed by atoms with Gasteiger partial charge in [-0.3, -0.25) is 4.79 Å². The molecule has 0 bridgehead atoms. The summed E-state index contributed by atoms with van der Waals surface area (Å²) >= 11 is 0. The predicted octanol–water partition coefficient (Wildman–Crippen LogP) is 3.79. The fourth-order valence-corrected chi connectivity index (χ4v) is 4.66. The van der Waals surface area contributed by atoms with Crippen LogP contribution in [0.4, 0.5) is 4.39 Å². The minimum absolute atomic E-state index is 0.00753. The van der Waals surface area contributed by atoms with E-state index in [4.69, 9.17) is 0 Å². The van der Waals surface area contributed by atoms with E-state index >= 15 is 0 Å². The van der Waals surface area contributed by atoms with Crippen molar-refractivity contribution in [3.05, 3.63) is 77.1 Å². The largest absolute Gasteiger partial charge is 0.295 e. The summed E-state index contributed by atoms with van der Waals surface area (Å²) in [6, 6.07) is 11.9. The van der Waals surface area contributed by atoms with E-state index in [9.17, 15) is 17.6 Å². The monoisotopic (exact) mass is 373 g/mol. The average Bonchev–Trinajstić information content (AvgIpc) is 2.62. The van der Waals surface area contributed by atoms with E-state index < -0.39 is 16.1 Å². The summed E-state index contributed by atoms with van der Waals surface area (Å²) in [5, 5.41) is 0. The molecule has 1 unspecified atom stereocenters. The second-order valence-electron chi connectivity index (χ2n) is 6.45. The van der Waals surface area contributed by atoms with Crippen LogP contribution in [0.15, 0.2) is 65.1 Å². The molecule has 1 aliphatic rings. The van der Waals surface area contributed by atoms with Gasteiger partial charge in [-0.05, 0) is 50.1 Å². The first-order valence-electron chi connectivity index (χ1n) is 8.33. The smallest absolute Gasteiger partial charge is 0.243 e. The lowest BCUT2D eigenvalue weighted by Gasteiger charge is -2.34. The Hall–Kier alpha value is -2.31. The van der Waals surface area contributed by atoms with Crippen molar-refractivity contribution in [2.24, 2.45) is 0 Å². The van der Waals surface area contributed by atoms with Gasteiger partial charge in [0.25, 0.3) is 0 Å². The van der Waals surface area contributed by atoms with Crippen LogP contribution in [0.5, 0.6) is 0 Å². The molecule has 6 heteroatoms. The van der Waals surface area contributed by atoms with Crippen LogP contribution < -0.4 is 0 Å². The number of hydrogen-bond donors (Lipinski definition) is 0. The molecule has 0 N–H and O–H groups in total. The van der Waals surface area contributed by atoms with Crippen LogP contribution in [0, 0.1) is 12.7 Å². The van der Waals surface area contributed by atoms with Crippen LogP contribution in [-0.2, 0) is 14.8 Å². The maximum Gasteiger partial charge on any atom is 0.243 e. The van der Waals surface area contributed by atoms with Crippen LogP contribution in [0.25, 0.3) is 0 Å². The zero-order valence-electron chi connectivity index (χ0n) is 14.6. The highest BCUT2D eigenvalue weighted by atomic mass is 32.2. The molecule has 0 saturated carbocycles. The fourth-order valence-electron chi connectivity index (χ4n) is 3.05. The number of rotatable bonds is 4. The highest BCUT2D eigenvalue weighted by Gasteiger charge is 2.35. The molecule has 0 radical (unpaired) electrons. The number of hydrogen-bond acceptors (Lipinski definition) is 3. The van der Waals surface area contributed by atoms with E-state index in [1.807, 2.05) is 6.92 Å². The third-order valence-electron chi connectivity index (χ3n) is 4.60. The quantitative estimate of drug-likeness (QED) is 0.819. The second kappa shape index (κ2) is 7.13.